The lowest BCUT2D eigenvalue weighted by atomic mass is 9.83. The summed E-state index contributed by atoms with van der Waals surface area (Å²) in [5.41, 5.74) is 1.65. The van der Waals surface area contributed by atoms with Crippen molar-refractivity contribution in [2.75, 3.05) is 18.1 Å². The van der Waals surface area contributed by atoms with E-state index < -0.39 is 41.4 Å². The van der Waals surface area contributed by atoms with Gasteiger partial charge in [0.15, 0.2) is 0 Å². The van der Waals surface area contributed by atoms with Crippen LogP contribution in [0.5, 0.6) is 5.75 Å². The number of benzene rings is 2. The van der Waals surface area contributed by atoms with Crippen molar-refractivity contribution in [3.05, 3.63) is 81.5 Å². The second-order valence-corrected chi connectivity index (χ2v) is 12.8. The quantitative estimate of drug-likeness (QED) is 0.247. The third-order valence-corrected chi connectivity index (χ3v) is 6.59. The first-order valence-electron chi connectivity index (χ1n) is 11.6. The highest BCUT2D eigenvalue weighted by Gasteiger charge is 2.24. The van der Waals surface area contributed by atoms with Crippen LogP contribution >= 0.6 is 7.82 Å². The summed E-state index contributed by atoms with van der Waals surface area (Å²) in [6, 6.07) is 11.1. The lowest BCUT2D eigenvalue weighted by Crippen LogP contribution is -2.23. The molecule has 0 saturated carbocycles. The molecule has 3 aromatic rings. The Balaban J connectivity index is 2.13. The zero-order valence-corrected chi connectivity index (χ0v) is 23.7. The molecule has 39 heavy (non-hydrogen) atoms. The Morgan fingerprint density at radius 3 is 2.28 bits per heavy atom. The molecule has 0 saturated heterocycles. The molecule has 1 aromatic heterocycles. The maximum absolute atomic E-state index is 14.5. The molecule has 0 unspecified atom stereocenters. The smallest absolute Gasteiger partial charge is 0.471 e. The molecule has 0 aliphatic carbocycles. The number of rotatable bonds is 9. The number of phosphoric ester groups is 1. The van der Waals surface area contributed by atoms with Crippen molar-refractivity contribution in [3.8, 4) is 16.9 Å². The number of methoxy groups -OCH3 is 1. The van der Waals surface area contributed by atoms with Gasteiger partial charge in [0.25, 0.3) is 5.56 Å². The number of halogens is 1. The Kier molecular flexibility index (Phi) is 8.88. The molecule has 3 rings (SSSR count). The minimum absolute atomic E-state index is 0.0386. The SMILES string of the molecule is COc1c(/C=C/c2ccc(NS(C)(=O)=O)cc2)cc(-c2cc(F)cn(COP(=O)(O)O)c2=O)cc1C(C)(C)C. The van der Waals surface area contributed by atoms with Gasteiger partial charge in [0.2, 0.25) is 10.0 Å². The van der Waals surface area contributed by atoms with Crippen molar-refractivity contribution in [2.24, 2.45) is 0 Å². The molecule has 10 nitrogen and oxygen atoms in total. The van der Waals surface area contributed by atoms with Gasteiger partial charge in [-0.25, -0.2) is 17.4 Å². The molecule has 2 aromatic carbocycles. The van der Waals surface area contributed by atoms with Gasteiger partial charge in [0.1, 0.15) is 18.3 Å². The van der Waals surface area contributed by atoms with Crippen LogP contribution in [-0.2, 0) is 31.3 Å². The summed E-state index contributed by atoms with van der Waals surface area (Å²) in [5, 5.41) is 0. The van der Waals surface area contributed by atoms with Crippen molar-refractivity contribution in [2.45, 2.75) is 32.9 Å². The summed E-state index contributed by atoms with van der Waals surface area (Å²) < 4.78 is 61.8. The van der Waals surface area contributed by atoms with Crippen LogP contribution < -0.4 is 15.0 Å². The van der Waals surface area contributed by atoms with Gasteiger partial charge in [-0.15, -0.1) is 0 Å². The van der Waals surface area contributed by atoms with E-state index in [1.54, 1.807) is 48.6 Å². The summed E-state index contributed by atoms with van der Waals surface area (Å²) >= 11 is 0. The molecule has 210 valence electrons. The largest absolute Gasteiger partial charge is 0.496 e. The number of nitrogens with zero attached hydrogens (tertiary/aromatic N) is 1. The van der Waals surface area contributed by atoms with E-state index in [2.05, 4.69) is 9.25 Å². The third kappa shape index (κ3) is 8.35. The molecule has 1 heterocycles. The zero-order chi connectivity index (χ0) is 29.2. The van der Waals surface area contributed by atoms with Gasteiger partial charge in [-0.05, 0) is 46.9 Å². The molecular weight excluding hydrogens is 550 g/mol. The molecule has 3 N–H and O–H groups in total. The fraction of sp³-hybridized carbons (Fsp3) is 0.269. The topological polar surface area (TPSA) is 144 Å². The standard InChI is InChI=1S/C26H30FN2O8PS/c1-26(2,3)23-13-19(22-14-20(27)15-29(25(22)30)16-37-38(31,32)33)12-18(24(23)36-4)9-6-17-7-10-21(11-8-17)28-39(5,34)35/h6-15,28H,16H2,1-5H3,(H2,31,32,33)/b9-6+. The van der Waals surface area contributed by atoms with E-state index in [9.17, 15) is 22.2 Å². The Bertz CT molecular complexity index is 1600. The normalized spacial score (nSPS) is 12.6. The maximum atomic E-state index is 14.5. The average molecular weight is 581 g/mol. The molecule has 0 fully saturated rings. The van der Waals surface area contributed by atoms with Crippen LogP contribution in [-0.4, -0.2) is 36.1 Å². The lowest BCUT2D eigenvalue weighted by molar-refractivity contribution is 0.150. The van der Waals surface area contributed by atoms with Crippen molar-refractivity contribution < 1.29 is 36.4 Å². The van der Waals surface area contributed by atoms with E-state index >= 15 is 0 Å². The number of hydrogen-bond donors (Lipinski definition) is 3. The van der Waals surface area contributed by atoms with Crippen LogP contribution in [0, 0.1) is 5.82 Å². The van der Waals surface area contributed by atoms with Crippen molar-refractivity contribution in [1.29, 1.82) is 0 Å². The van der Waals surface area contributed by atoms with Crippen LogP contribution in [0.1, 0.15) is 37.5 Å². The van der Waals surface area contributed by atoms with Crippen molar-refractivity contribution in [1.82, 2.24) is 4.57 Å². The zero-order valence-electron chi connectivity index (χ0n) is 22.0. The van der Waals surface area contributed by atoms with E-state index in [4.69, 9.17) is 14.5 Å². The number of anilines is 1. The first-order valence-corrected chi connectivity index (χ1v) is 15.0. The summed E-state index contributed by atoms with van der Waals surface area (Å²) in [6.45, 7) is 5.02. The first kappa shape index (κ1) is 30.3. The molecule has 0 aliphatic rings. The molecule has 0 amide bonds. The van der Waals surface area contributed by atoms with E-state index in [1.165, 1.54) is 7.11 Å². The second kappa shape index (κ2) is 11.4. The van der Waals surface area contributed by atoms with E-state index in [0.29, 0.717) is 22.6 Å². The lowest BCUT2D eigenvalue weighted by Gasteiger charge is -2.25. The second-order valence-electron chi connectivity index (χ2n) is 9.82. The highest BCUT2D eigenvalue weighted by Crippen LogP contribution is 2.39. The Hall–Kier alpha value is -3.28. The molecule has 0 spiro atoms. The van der Waals surface area contributed by atoms with E-state index in [-0.39, 0.29) is 5.56 Å². The number of phosphoric acid groups is 1. The Labute approximate surface area is 226 Å². The third-order valence-electron chi connectivity index (χ3n) is 5.53. The molecular formula is C26H30FN2O8PS. The average Bonchev–Trinajstić information content (AvgIpc) is 2.81. The number of hydrogen-bond acceptors (Lipinski definition) is 6. The van der Waals surface area contributed by atoms with Gasteiger partial charge < -0.3 is 14.5 Å². The minimum Gasteiger partial charge on any atom is -0.496 e. The van der Waals surface area contributed by atoms with Gasteiger partial charge in [-0.2, -0.15) is 0 Å². The van der Waals surface area contributed by atoms with Gasteiger partial charge in [0.05, 0.1) is 18.9 Å². The van der Waals surface area contributed by atoms with E-state index in [0.717, 1.165) is 34.2 Å². The summed E-state index contributed by atoms with van der Waals surface area (Å²) in [6.07, 6.45) is 5.39. The highest BCUT2D eigenvalue weighted by molar-refractivity contribution is 7.92. The first-order chi connectivity index (χ1) is 18.0. The van der Waals surface area contributed by atoms with Gasteiger partial charge in [-0.1, -0.05) is 45.1 Å². The molecule has 0 radical (unpaired) electrons. The van der Waals surface area contributed by atoms with Crippen LogP contribution in [0.2, 0.25) is 0 Å². The van der Waals surface area contributed by atoms with Crippen LogP contribution in [0.3, 0.4) is 0 Å². The van der Waals surface area contributed by atoms with E-state index in [1.807, 2.05) is 20.8 Å². The number of ether oxygens (including phenoxy) is 1. The van der Waals surface area contributed by atoms with Crippen LogP contribution in [0.4, 0.5) is 10.1 Å². The van der Waals surface area contributed by atoms with Gasteiger partial charge in [0, 0.05) is 23.0 Å². The summed E-state index contributed by atoms with van der Waals surface area (Å²) in [7, 11) is -6.79. The van der Waals surface area contributed by atoms with Crippen molar-refractivity contribution >= 4 is 35.7 Å². The maximum Gasteiger partial charge on any atom is 0.471 e. The molecule has 0 aliphatic heterocycles. The minimum atomic E-state index is -4.90. The number of sulfonamides is 1. The molecule has 13 heteroatoms. The van der Waals surface area contributed by atoms with Gasteiger partial charge >= 0.3 is 7.82 Å². The predicted octanol–water partition coefficient (Wildman–Crippen LogP) is 4.57. The highest BCUT2D eigenvalue weighted by atomic mass is 32.2. The van der Waals surface area contributed by atoms with Crippen LogP contribution in [0.25, 0.3) is 23.3 Å². The summed E-state index contributed by atoms with van der Waals surface area (Å²) in [5.74, 6) is -0.258. The Morgan fingerprint density at radius 1 is 1.10 bits per heavy atom. The monoisotopic (exact) mass is 580 g/mol. The molecule has 0 bridgehead atoms. The predicted molar refractivity (Wildman–Crippen MR) is 148 cm³/mol. The fourth-order valence-electron chi connectivity index (χ4n) is 3.82. The number of aromatic nitrogens is 1. The van der Waals surface area contributed by atoms with Crippen LogP contribution in [0.15, 0.2) is 53.5 Å². The van der Waals surface area contributed by atoms with Gasteiger partial charge in [-0.3, -0.25) is 18.6 Å². The fourth-order valence-corrected chi connectivity index (χ4v) is 4.66. The summed E-state index contributed by atoms with van der Waals surface area (Å²) in [4.78, 5) is 31.1. The van der Waals surface area contributed by atoms with Crippen molar-refractivity contribution in [3.63, 3.8) is 0 Å². The Morgan fingerprint density at radius 2 is 1.74 bits per heavy atom. The number of pyridine rings is 1. The number of nitrogens with one attached hydrogen (secondary N) is 1. The molecule has 0 atom stereocenters.